The lowest BCUT2D eigenvalue weighted by atomic mass is 10.1. The average Bonchev–Trinajstić information content (AvgIpc) is 2.37. The average molecular weight is 286 g/mol. The lowest BCUT2D eigenvalue weighted by Crippen LogP contribution is -2.39. The quantitative estimate of drug-likeness (QED) is 0.822. The van der Waals surface area contributed by atoms with Gasteiger partial charge < -0.3 is 10.5 Å². The van der Waals surface area contributed by atoms with Crippen LogP contribution in [-0.4, -0.2) is 27.7 Å². The smallest absolute Gasteiger partial charge is 0.240 e. The van der Waals surface area contributed by atoms with Crippen molar-refractivity contribution in [3.05, 3.63) is 29.3 Å². The van der Waals surface area contributed by atoms with Crippen molar-refractivity contribution in [1.82, 2.24) is 4.72 Å². The molecule has 3 N–H and O–H groups in total. The van der Waals surface area contributed by atoms with Gasteiger partial charge in [-0.25, -0.2) is 13.1 Å². The second-order valence-electron chi connectivity index (χ2n) is 5.03. The third-order valence-electron chi connectivity index (χ3n) is 3.15. The maximum atomic E-state index is 12.3. The summed E-state index contributed by atoms with van der Waals surface area (Å²) in [5.41, 5.74) is 6.56. The number of methoxy groups -OCH3 is 1. The summed E-state index contributed by atoms with van der Waals surface area (Å²) in [5.74, 6) is 0. The molecule has 0 unspecified atom stereocenters. The van der Waals surface area contributed by atoms with Gasteiger partial charge in [0, 0.05) is 20.2 Å². The SMILES string of the molecule is COC(C)(C)CNS(=O)(=O)c1cccc(CN)c1C. The van der Waals surface area contributed by atoms with Crippen molar-refractivity contribution in [2.24, 2.45) is 5.73 Å². The van der Waals surface area contributed by atoms with Gasteiger partial charge in [-0.05, 0) is 38.0 Å². The highest BCUT2D eigenvalue weighted by Crippen LogP contribution is 2.19. The van der Waals surface area contributed by atoms with Gasteiger partial charge in [0.15, 0.2) is 0 Å². The number of hydrogen-bond donors (Lipinski definition) is 2. The second-order valence-corrected chi connectivity index (χ2v) is 6.77. The maximum Gasteiger partial charge on any atom is 0.240 e. The molecule has 0 aromatic heterocycles. The van der Waals surface area contributed by atoms with Crippen LogP contribution in [0.25, 0.3) is 0 Å². The molecule has 0 aliphatic carbocycles. The lowest BCUT2D eigenvalue weighted by Gasteiger charge is -2.23. The van der Waals surface area contributed by atoms with E-state index in [-0.39, 0.29) is 11.4 Å². The zero-order valence-corrected chi connectivity index (χ0v) is 12.7. The van der Waals surface area contributed by atoms with E-state index in [0.29, 0.717) is 12.1 Å². The van der Waals surface area contributed by atoms with Gasteiger partial charge >= 0.3 is 0 Å². The number of nitrogens with two attached hydrogens (primary N) is 1. The number of rotatable bonds is 6. The van der Waals surface area contributed by atoms with Crippen molar-refractivity contribution >= 4 is 10.0 Å². The Kier molecular flexibility index (Phi) is 5.09. The lowest BCUT2D eigenvalue weighted by molar-refractivity contribution is 0.0276. The topological polar surface area (TPSA) is 81.4 Å². The van der Waals surface area contributed by atoms with Crippen LogP contribution >= 0.6 is 0 Å². The van der Waals surface area contributed by atoms with Gasteiger partial charge in [0.25, 0.3) is 0 Å². The van der Waals surface area contributed by atoms with E-state index in [2.05, 4.69) is 4.72 Å². The minimum absolute atomic E-state index is 0.206. The first kappa shape index (κ1) is 16.1. The molecular formula is C13H22N2O3S. The highest BCUT2D eigenvalue weighted by molar-refractivity contribution is 7.89. The van der Waals surface area contributed by atoms with Crippen LogP contribution in [0.3, 0.4) is 0 Å². The molecular weight excluding hydrogens is 264 g/mol. The highest BCUT2D eigenvalue weighted by Gasteiger charge is 2.23. The molecule has 0 radical (unpaired) electrons. The van der Waals surface area contributed by atoms with E-state index in [0.717, 1.165) is 5.56 Å². The molecule has 0 aliphatic heterocycles. The summed E-state index contributed by atoms with van der Waals surface area (Å²) in [5, 5.41) is 0. The number of nitrogens with one attached hydrogen (secondary N) is 1. The molecule has 1 rings (SSSR count). The molecule has 0 atom stereocenters. The molecule has 0 aliphatic rings. The summed E-state index contributed by atoms with van der Waals surface area (Å²) >= 11 is 0. The summed E-state index contributed by atoms with van der Waals surface area (Å²) in [6.07, 6.45) is 0. The van der Waals surface area contributed by atoms with Gasteiger partial charge in [-0.1, -0.05) is 12.1 Å². The van der Waals surface area contributed by atoms with Gasteiger partial charge in [0.1, 0.15) is 0 Å². The summed E-state index contributed by atoms with van der Waals surface area (Å²) < 4.78 is 32.3. The third kappa shape index (κ3) is 4.01. The van der Waals surface area contributed by atoms with E-state index >= 15 is 0 Å². The molecule has 0 saturated heterocycles. The van der Waals surface area contributed by atoms with E-state index in [1.54, 1.807) is 26.2 Å². The molecule has 1 aromatic carbocycles. The first-order chi connectivity index (χ1) is 8.73. The summed E-state index contributed by atoms with van der Waals surface area (Å²) in [6, 6.07) is 5.11. The van der Waals surface area contributed by atoms with Crippen molar-refractivity contribution in [2.45, 2.75) is 37.8 Å². The summed E-state index contributed by atoms with van der Waals surface area (Å²) in [6.45, 7) is 5.92. The molecule has 5 nitrogen and oxygen atoms in total. The molecule has 1 aromatic rings. The molecule has 0 fully saturated rings. The molecule has 19 heavy (non-hydrogen) atoms. The van der Waals surface area contributed by atoms with Crippen LogP contribution in [0.2, 0.25) is 0 Å². The maximum absolute atomic E-state index is 12.3. The predicted molar refractivity (Wildman–Crippen MR) is 75.3 cm³/mol. The Morgan fingerprint density at radius 3 is 2.53 bits per heavy atom. The van der Waals surface area contributed by atoms with Crippen LogP contribution in [0.5, 0.6) is 0 Å². The number of sulfonamides is 1. The van der Waals surface area contributed by atoms with Crippen LogP contribution in [0.4, 0.5) is 0 Å². The fourth-order valence-electron chi connectivity index (χ4n) is 1.59. The number of hydrogen-bond acceptors (Lipinski definition) is 4. The summed E-state index contributed by atoms with van der Waals surface area (Å²) in [4.78, 5) is 0.266. The van der Waals surface area contributed by atoms with Gasteiger partial charge in [-0.15, -0.1) is 0 Å². The van der Waals surface area contributed by atoms with Crippen LogP contribution in [0, 0.1) is 6.92 Å². The van der Waals surface area contributed by atoms with Crippen molar-refractivity contribution in [2.75, 3.05) is 13.7 Å². The molecule has 0 heterocycles. The minimum atomic E-state index is -3.55. The monoisotopic (exact) mass is 286 g/mol. The Bertz CT molecular complexity index is 539. The zero-order chi connectivity index (χ0) is 14.7. The molecule has 0 bridgehead atoms. The van der Waals surface area contributed by atoms with Crippen molar-refractivity contribution in [3.63, 3.8) is 0 Å². The van der Waals surface area contributed by atoms with Gasteiger partial charge in [0.05, 0.1) is 10.5 Å². The fourth-order valence-corrected chi connectivity index (χ4v) is 3.08. The molecule has 0 spiro atoms. The normalized spacial score (nSPS) is 12.7. The molecule has 6 heteroatoms. The van der Waals surface area contributed by atoms with Crippen molar-refractivity contribution in [3.8, 4) is 0 Å². The van der Waals surface area contributed by atoms with E-state index in [1.807, 2.05) is 19.9 Å². The first-order valence-corrected chi connectivity index (χ1v) is 7.55. The fraction of sp³-hybridized carbons (Fsp3) is 0.538. The second kappa shape index (κ2) is 6.00. The number of ether oxygens (including phenoxy) is 1. The highest BCUT2D eigenvalue weighted by atomic mass is 32.2. The summed E-state index contributed by atoms with van der Waals surface area (Å²) in [7, 11) is -2.00. The van der Waals surface area contributed by atoms with Gasteiger partial charge in [-0.3, -0.25) is 0 Å². The van der Waals surface area contributed by atoms with E-state index < -0.39 is 15.6 Å². The van der Waals surface area contributed by atoms with Crippen LogP contribution in [-0.2, 0) is 21.3 Å². The Morgan fingerprint density at radius 1 is 1.37 bits per heavy atom. The predicted octanol–water partition coefficient (Wildman–Crippen LogP) is 1.16. The Balaban J connectivity index is 3.02. The van der Waals surface area contributed by atoms with E-state index in [1.165, 1.54) is 0 Å². The molecule has 0 amide bonds. The first-order valence-electron chi connectivity index (χ1n) is 6.07. The van der Waals surface area contributed by atoms with E-state index in [9.17, 15) is 8.42 Å². The largest absolute Gasteiger partial charge is 0.377 e. The molecule has 0 saturated carbocycles. The van der Waals surface area contributed by atoms with Gasteiger partial charge in [0.2, 0.25) is 10.0 Å². The van der Waals surface area contributed by atoms with Gasteiger partial charge in [-0.2, -0.15) is 0 Å². The van der Waals surface area contributed by atoms with Crippen LogP contribution in [0.1, 0.15) is 25.0 Å². The van der Waals surface area contributed by atoms with Crippen molar-refractivity contribution < 1.29 is 13.2 Å². The van der Waals surface area contributed by atoms with Crippen LogP contribution in [0.15, 0.2) is 23.1 Å². The Morgan fingerprint density at radius 2 is 2.00 bits per heavy atom. The Hall–Kier alpha value is -0.950. The third-order valence-corrected chi connectivity index (χ3v) is 4.69. The minimum Gasteiger partial charge on any atom is -0.377 e. The standard InChI is InChI=1S/C13H22N2O3S/c1-10-11(8-14)6-5-7-12(10)19(16,17)15-9-13(2,3)18-4/h5-7,15H,8-9,14H2,1-4H3. The number of benzene rings is 1. The zero-order valence-electron chi connectivity index (χ0n) is 11.9. The van der Waals surface area contributed by atoms with E-state index in [4.69, 9.17) is 10.5 Å². The Labute approximate surface area is 115 Å². The molecule has 108 valence electrons. The van der Waals surface area contributed by atoms with Crippen LogP contribution < -0.4 is 10.5 Å². The van der Waals surface area contributed by atoms with Crippen molar-refractivity contribution in [1.29, 1.82) is 0 Å².